The predicted octanol–water partition coefficient (Wildman–Crippen LogP) is 2.14. The number of hydrogen-bond donors (Lipinski definition) is 0. The van der Waals surface area contributed by atoms with E-state index in [1.165, 1.54) is 12.8 Å². The molecule has 1 heterocycles. The van der Waals surface area contributed by atoms with Crippen LogP contribution < -0.4 is 0 Å². The zero-order valence-electron chi connectivity index (χ0n) is 9.75. The van der Waals surface area contributed by atoms with Gasteiger partial charge in [0.05, 0.1) is 13.2 Å². The molecule has 0 aromatic heterocycles. The zero-order valence-corrected chi connectivity index (χ0v) is 9.75. The van der Waals surface area contributed by atoms with Crippen LogP contribution in [0.25, 0.3) is 0 Å². The van der Waals surface area contributed by atoms with E-state index in [0.29, 0.717) is 5.41 Å². The van der Waals surface area contributed by atoms with Crippen molar-refractivity contribution in [1.29, 1.82) is 0 Å². The molecule has 1 saturated carbocycles. The van der Waals surface area contributed by atoms with Crippen LogP contribution in [-0.4, -0.2) is 37.2 Å². The first kappa shape index (κ1) is 10.4. The lowest BCUT2D eigenvalue weighted by atomic mass is 9.65. The fourth-order valence-electron chi connectivity index (χ4n) is 2.54. The monoisotopic (exact) mass is 197 g/mol. The average Bonchev–Trinajstić information content (AvgIpc) is 2.00. The van der Waals surface area contributed by atoms with Gasteiger partial charge in [-0.3, -0.25) is 4.90 Å². The third kappa shape index (κ3) is 2.12. The van der Waals surface area contributed by atoms with Gasteiger partial charge in [-0.15, -0.1) is 0 Å². The molecule has 0 N–H and O–H groups in total. The molecule has 1 saturated heterocycles. The molecular weight excluding hydrogens is 174 g/mol. The standard InChI is InChI=1S/C12H23NO/c1-12(2,3)10-8-11(9-10)13-4-6-14-7-5-13/h10-11H,4-9H2,1-3H3/t10-,11-. The van der Waals surface area contributed by atoms with Crippen LogP contribution in [0.4, 0.5) is 0 Å². The fourth-order valence-corrected chi connectivity index (χ4v) is 2.54. The topological polar surface area (TPSA) is 12.5 Å². The van der Waals surface area contributed by atoms with E-state index in [-0.39, 0.29) is 0 Å². The van der Waals surface area contributed by atoms with E-state index in [9.17, 15) is 0 Å². The van der Waals surface area contributed by atoms with Crippen molar-refractivity contribution in [3.05, 3.63) is 0 Å². The molecule has 1 aliphatic carbocycles. The van der Waals surface area contributed by atoms with E-state index < -0.39 is 0 Å². The molecule has 0 spiro atoms. The second-order valence-corrected chi connectivity index (χ2v) is 5.84. The molecule has 0 aromatic rings. The molecule has 14 heavy (non-hydrogen) atoms. The number of ether oxygens (including phenoxy) is 1. The van der Waals surface area contributed by atoms with Crippen molar-refractivity contribution in [3.63, 3.8) is 0 Å². The molecule has 0 aromatic carbocycles. The second-order valence-electron chi connectivity index (χ2n) is 5.84. The van der Waals surface area contributed by atoms with Crippen LogP contribution >= 0.6 is 0 Å². The lowest BCUT2D eigenvalue weighted by Crippen LogP contribution is -2.52. The number of rotatable bonds is 1. The van der Waals surface area contributed by atoms with Gasteiger partial charge in [0.25, 0.3) is 0 Å². The summed E-state index contributed by atoms with van der Waals surface area (Å²) in [4.78, 5) is 2.62. The summed E-state index contributed by atoms with van der Waals surface area (Å²) >= 11 is 0. The molecule has 2 heteroatoms. The molecule has 2 rings (SSSR count). The van der Waals surface area contributed by atoms with Gasteiger partial charge in [0, 0.05) is 19.1 Å². The second kappa shape index (κ2) is 3.82. The van der Waals surface area contributed by atoms with Crippen LogP contribution in [-0.2, 0) is 4.74 Å². The maximum absolute atomic E-state index is 5.37. The van der Waals surface area contributed by atoms with E-state index in [4.69, 9.17) is 4.74 Å². The van der Waals surface area contributed by atoms with E-state index in [1.807, 2.05) is 0 Å². The Balaban J connectivity index is 1.76. The van der Waals surface area contributed by atoms with Crippen LogP contribution in [0.3, 0.4) is 0 Å². The molecular formula is C12H23NO. The van der Waals surface area contributed by atoms with E-state index in [0.717, 1.165) is 38.3 Å². The minimum atomic E-state index is 0.517. The van der Waals surface area contributed by atoms with E-state index in [1.54, 1.807) is 0 Å². The highest BCUT2D eigenvalue weighted by Crippen LogP contribution is 2.43. The molecule has 0 amide bonds. The summed E-state index contributed by atoms with van der Waals surface area (Å²) in [7, 11) is 0. The molecule has 0 bridgehead atoms. The van der Waals surface area contributed by atoms with Gasteiger partial charge >= 0.3 is 0 Å². The van der Waals surface area contributed by atoms with Crippen LogP contribution in [0.2, 0.25) is 0 Å². The Labute approximate surface area is 87.6 Å². The Morgan fingerprint density at radius 2 is 1.64 bits per heavy atom. The zero-order chi connectivity index (χ0) is 10.2. The van der Waals surface area contributed by atoms with Gasteiger partial charge in [0.1, 0.15) is 0 Å². The molecule has 1 aliphatic heterocycles. The Morgan fingerprint density at radius 1 is 1.07 bits per heavy atom. The summed E-state index contributed by atoms with van der Waals surface area (Å²) in [6, 6.07) is 0.864. The molecule has 2 aliphatic rings. The minimum absolute atomic E-state index is 0.517. The molecule has 2 nitrogen and oxygen atoms in total. The molecule has 82 valence electrons. The Hall–Kier alpha value is -0.0800. The Morgan fingerprint density at radius 3 is 2.14 bits per heavy atom. The third-order valence-electron chi connectivity index (χ3n) is 3.90. The summed E-state index contributed by atoms with van der Waals surface area (Å²) < 4.78 is 5.37. The summed E-state index contributed by atoms with van der Waals surface area (Å²) in [5.74, 6) is 0.940. The van der Waals surface area contributed by atoms with Crippen molar-refractivity contribution in [3.8, 4) is 0 Å². The molecule has 0 radical (unpaired) electrons. The lowest BCUT2D eigenvalue weighted by molar-refractivity contribution is -0.0372. The van der Waals surface area contributed by atoms with Crippen molar-refractivity contribution >= 4 is 0 Å². The summed E-state index contributed by atoms with van der Waals surface area (Å²) in [6.07, 6.45) is 2.81. The number of morpholine rings is 1. The minimum Gasteiger partial charge on any atom is -0.379 e. The smallest absolute Gasteiger partial charge is 0.0594 e. The van der Waals surface area contributed by atoms with Crippen LogP contribution in [0.15, 0.2) is 0 Å². The highest BCUT2D eigenvalue weighted by Gasteiger charge is 2.39. The first-order valence-corrected chi connectivity index (χ1v) is 5.89. The largest absolute Gasteiger partial charge is 0.379 e. The van der Waals surface area contributed by atoms with Crippen molar-refractivity contribution in [2.24, 2.45) is 11.3 Å². The van der Waals surface area contributed by atoms with Gasteiger partial charge in [0.15, 0.2) is 0 Å². The van der Waals surface area contributed by atoms with Crippen LogP contribution in [0.5, 0.6) is 0 Å². The SMILES string of the molecule is CC(C)(C)[C@H]1C[C@H](N2CCOCC2)C1. The normalized spacial score (nSPS) is 35.4. The van der Waals surface area contributed by atoms with Gasteiger partial charge < -0.3 is 4.74 Å². The van der Waals surface area contributed by atoms with Crippen LogP contribution in [0, 0.1) is 11.3 Å². The molecule has 0 atom stereocenters. The Bertz CT molecular complexity index is 185. The predicted molar refractivity (Wildman–Crippen MR) is 58.4 cm³/mol. The maximum atomic E-state index is 5.37. The van der Waals surface area contributed by atoms with Crippen molar-refractivity contribution in [2.45, 2.75) is 39.7 Å². The fraction of sp³-hybridized carbons (Fsp3) is 1.00. The first-order chi connectivity index (χ1) is 6.57. The average molecular weight is 197 g/mol. The summed E-state index contributed by atoms with van der Waals surface area (Å²) in [5.41, 5.74) is 0.517. The van der Waals surface area contributed by atoms with Gasteiger partial charge in [-0.1, -0.05) is 20.8 Å². The highest BCUT2D eigenvalue weighted by molar-refractivity contribution is 4.93. The molecule has 2 fully saturated rings. The van der Waals surface area contributed by atoms with Crippen molar-refractivity contribution < 1.29 is 4.74 Å². The van der Waals surface area contributed by atoms with E-state index in [2.05, 4.69) is 25.7 Å². The lowest BCUT2D eigenvalue weighted by Gasteiger charge is -2.49. The van der Waals surface area contributed by atoms with Crippen molar-refractivity contribution in [2.75, 3.05) is 26.3 Å². The highest BCUT2D eigenvalue weighted by atomic mass is 16.5. The third-order valence-corrected chi connectivity index (χ3v) is 3.90. The quantitative estimate of drug-likeness (QED) is 0.638. The summed E-state index contributed by atoms with van der Waals surface area (Å²) in [5, 5.41) is 0. The maximum Gasteiger partial charge on any atom is 0.0594 e. The Kier molecular flexibility index (Phi) is 2.85. The van der Waals surface area contributed by atoms with Gasteiger partial charge in [-0.2, -0.15) is 0 Å². The number of nitrogens with zero attached hydrogens (tertiary/aromatic N) is 1. The number of hydrogen-bond acceptors (Lipinski definition) is 2. The van der Waals surface area contributed by atoms with Gasteiger partial charge in [0.2, 0.25) is 0 Å². The van der Waals surface area contributed by atoms with Crippen molar-refractivity contribution in [1.82, 2.24) is 4.90 Å². The van der Waals surface area contributed by atoms with Crippen LogP contribution in [0.1, 0.15) is 33.6 Å². The van der Waals surface area contributed by atoms with Gasteiger partial charge in [-0.25, -0.2) is 0 Å². The van der Waals surface area contributed by atoms with Gasteiger partial charge in [-0.05, 0) is 24.2 Å². The first-order valence-electron chi connectivity index (χ1n) is 5.89. The molecule has 0 unspecified atom stereocenters. The van der Waals surface area contributed by atoms with E-state index >= 15 is 0 Å². The summed E-state index contributed by atoms with van der Waals surface area (Å²) in [6.45, 7) is 11.3.